The molecule has 2 aromatic rings. The second-order valence-corrected chi connectivity index (χ2v) is 5.15. The van der Waals surface area contributed by atoms with E-state index in [4.69, 9.17) is 9.47 Å². The Kier molecular flexibility index (Phi) is 5.61. The molecule has 0 aliphatic carbocycles. The molecule has 0 N–H and O–H groups in total. The van der Waals surface area contributed by atoms with Gasteiger partial charge in [-0.05, 0) is 29.7 Å². The lowest BCUT2D eigenvalue weighted by Gasteiger charge is -2.19. The highest BCUT2D eigenvalue weighted by molar-refractivity contribution is 5.43. The Labute approximate surface area is 136 Å². The average Bonchev–Trinajstić information content (AvgIpc) is 2.62. The monoisotopic (exact) mass is 306 g/mol. The van der Waals surface area contributed by atoms with Gasteiger partial charge in [-0.1, -0.05) is 36.4 Å². The minimum absolute atomic E-state index is 0.190. The van der Waals surface area contributed by atoms with Crippen LogP contribution in [0.2, 0.25) is 0 Å². The number of nitriles is 2. The summed E-state index contributed by atoms with van der Waals surface area (Å²) in [6.45, 7) is 0. The summed E-state index contributed by atoms with van der Waals surface area (Å²) in [7, 11) is 3.18. The van der Waals surface area contributed by atoms with Crippen molar-refractivity contribution in [2.45, 2.75) is 12.3 Å². The predicted molar refractivity (Wildman–Crippen MR) is 87.1 cm³/mol. The van der Waals surface area contributed by atoms with Gasteiger partial charge in [0.05, 0.1) is 26.4 Å². The summed E-state index contributed by atoms with van der Waals surface area (Å²) in [5.74, 6) is 0.404. The summed E-state index contributed by atoms with van der Waals surface area (Å²) in [5.41, 5.74) is 1.97. The molecule has 0 aliphatic rings. The lowest BCUT2D eigenvalue weighted by molar-refractivity contribution is 0.354. The molecule has 0 bridgehead atoms. The van der Waals surface area contributed by atoms with Crippen molar-refractivity contribution in [1.82, 2.24) is 0 Å². The highest BCUT2D eigenvalue weighted by Gasteiger charge is 2.23. The van der Waals surface area contributed by atoms with E-state index < -0.39 is 5.92 Å². The van der Waals surface area contributed by atoms with Crippen molar-refractivity contribution in [2.24, 2.45) is 5.92 Å². The zero-order valence-electron chi connectivity index (χ0n) is 13.2. The molecular weight excluding hydrogens is 288 g/mol. The number of hydrogen-bond donors (Lipinski definition) is 0. The van der Waals surface area contributed by atoms with E-state index in [1.807, 2.05) is 48.5 Å². The smallest absolute Gasteiger partial charge is 0.160 e. The molecule has 23 heavy (non-hydrogen) atoms. The van der Waals surface area contributed by atoms with Crippen LogP contribution in [0.1, 0.15) is 17.0 Å². The summed E-state index contributed by atoms with van der Waals surface area (Å²) < 4.78 is 10.6. The van der Waals surface area contributed by atoms with Gasteiger partial charge >= 0.3 is 0 Å². The van der Waals surface area contributed by atoms with Gasteiger partial charge in [0.2, 0.25) is 0 Å². The molecule has 0 saturated carbocycles. The molecule has 1 atom stereocenters. The minimum atomic E-state index is -0.703. The molecule has 0 fully saturated rings. The maximum atomic E-state index is 9.30. The molecule has 0 saturated heterocycles. The van der Waals surface area contributed by atoms with Gasteiger partial charge in [-0.25, -0.2) is 0 Å². The van der Waals surface area contributed by atoms with Crippen molar-refractivity contribution >= 4 is 0 Å². The summed E-state index contributed by atoms with van der Waals surface area (Å²) in [5, 5.41) is 18.6. The van der Waals surface area contributed by atoms with E-state index in [-0.39, 0.29) is 5.92 Å². The molecule has 0 heterocycles. The summed E-state index contributed by atoms with van der Waals surface area (Å²) in [4.78, 5) is 0. The number of methoxy groups -OCH3 is 2. The number of hydrogen-bond acceptors (Lipinski definition) is 4. The quantitative estimate of drug-likeness (QED) is 0.816. The third-order valence-corrected chi connectivity index (χ3v) is 3.81. The van der Waals surface area contributed by atoms with Crippen LogP contribution in [0.15, 0.2) is 48.5 Å². The topological polar surface area (TPSA) is 66.0 Å². The number of ether oxygens (including phenoxy) is 2. The molecule has 4 nitrogen and oxygen atoms in total. The normalized spacial score (nSPS) is 11.3. The van der Waals surface area contributed by atoms with Crippen LogP contribution < -0.4 is 9.47 Å². The maximum absolute atomic E-state index is 9.30. The summed E-state index contributed by atoms with van der Waals surface area (Å²) in [6.07, 6.45) is 0.580. The van der Waals surface area contributed by atoms with E-state index in [1.165, 1.54) is 0 Å². The van der Waals surface area contributed by atoms with Crippen molar-refractivity contribution in [2.75, 3.05) is 14.2 Å². The van der Waals surface area contributed by atoms with Crippen molar-refractivity contribution in [3.05, 3.63) is 59.7 Å². The highest BCUT2D eigenvalue weighted by atomic mass is 16.5. The fraction of sp³-hybridized carbons (Fsp3) is 0.263. The van der Waals surface area contributed by atoms with Crippen molar-refractivity contribution in [3.8, 4) is 23.6 Å². The fourth-order valence-corrected chi connectivity index (χ4v) is 2.60. The molecule has 4 heteroatoms. The number of nitrogens with zero attached hydrogens (tertiary/aromatic N) is 2. The zero-order valence-corrected chi connectivity index (χ0v) is 13.2. The zero-order chi connectivity index (χ0) is 16.7. The second-order valence-electron chi connectivity index (χ2n) is 5.15. The molecule has 0 aromatic heterocycles. The molecule has 2 aromatic carbocycles. The van der Waals surface area contributed by atoms with Gasteiger partial charge in [-0.15, -0.1) is 0 Å². The Balaban J connectivity index is 2.36. The van der Waals surface area contributed by atoms with Gasteiger partial charge in [0.15, 0.2) is 11.5 Å². The molecular formula is C19H18N2O2. The van der Waals surface area contributed by atoms with E-state index >= 15 is 0 Å². The fourth-order valence-electron chi connectivity index (χ4n) is 2.60. The number of rotatable bonds is 6. The minimum Gasteiger partial charge on any atom is -0.493 e. The third-order valence-electron chi connectivity index (χ3n) is 3.81. The van der Waals surface area contributed by atoms with Crippen molar-refractivity contribution in [3.63, 3.8) is 0 Å². The van der Waals surface area contributed by atoms with E-state index in [2.05, 4.69) is 12.1 Å². The van der Waals surface area contributed by atoms with Crippen LogP contribution in [-0.2, 0) is 6.42 Å². The Morgan fingerprint density at radius 1 is 0.913 bits per heavy atom. The SMILES string of the molecule is COc1ccc(CC(c2ccccc2)C(C#N)C#N)cc1OC. The van der Waals surface area contributed by atoms with Crippen LogP contribution >= 0.6 is 0 Å². The Hall–Kier alpha value is -2.98. The van der Waals surface area contributed by atoms with E-state index in [0.717, 1.165) is 11.1 Å². The largest absolute Gasteiger partial charge is 0.493 e. The highest BCUT2D eigenvalue weighted by Crippen LogP contribution is 2.32. The lowest BCUT2D eigenvalue weighted by atomic mass is 9.83. The molecule has 0 aliphatic heterocycles. The van der Waals surface area contributed by atoms with E-state index in [0.29, 0.717) is 17.9 Å². The first-order valence-electron chi connectivity index (χ1n) is 7.28. The van der Waals surface area contributed by atoms with Gasteiger partial charge in [0.1, 0.15) is 5.92 Å². The molecule has 1 unspecified atom stereocenters. The molecule has 2 rings (SSSR count). The molecule has 0 radical (unpaired) electrons. The first kappa shape index (κ1) is 16.4. The third kappa shape index (κ3) is 3.81. The van der Waals surface area contributed by atoms with Crippen LogP contribution in [0.3, 0.4) is 0 Å². The summed E-state index contributed by atoms with van der Waals surface area (Å²) >= 11 is 0. The number of benzene rings is 2. The van der Waals surface area contributed by atoms with Gasteiger partial charge < -0.3 is 9.47 Å². The van der Waals surface area contributed by atoms with Crippen molar-refractivity contribution < 1.29 is 9.47 Å². The van der Waals surface area contributed by atoms with E-state index in [9.17, 15) is 10.5 Å². The van der Waals surface area contributed by atoms with E-state index in [1.54, 1.807) is 14.2 Å². The van der Waals surface area contributed by atoms with Crippen LogP contribution in [0.4, 0.5) is 0 Å². The van der Waals surface area contributed by atoms with Crippen LogP contribution in [0.25, 0.3) is 0 Å². The Morgan fingerprint density at radius 3 is 2.13 bits per heavy atom. The second kappa shape index (κ2) is 7.87. The average molecular weight is 306 g/mol. The molecule has 0 amide bonds. The molecule has 0 spiro atoms. The standard InChI is InChI=1S/C19H18N2O2/c1-22-18-9-8-14(11-19(18)23-2)10-17(16(12-20)13-21)15-6-4-3-5-7-15/h3-9,11,16-17H,10H2,1-2H3. The predicted octanol–water partition coefficient (Wildman–Crippen LogP) is 3.69. The summed E-state index contributed by atoms with van der Waals surface area (Å²) in [6, 6.07) is 19.5. The molecule has 116 valence electrons. The lowest BCUT2D eigenvalue weighted by Crippen LogP contribution is -2.13. The first-order chi connectivity index (χ1) is 11.2. The van der Waals surface area contributed by atoms with Crippen LogP contribution in [0.5, 0.6) is 11.5 Å². The Morgan fingerprint density at radius 2 is 1.57 bits per heavy atom. The van der Waals surface area contributed by atoms with Gasteiger partial charge in [0.25, 0.3) is 0 Å². The van der Waals surface area contributed by atoms with Gasteiger partial charge in [-0.2, -0.15) is 10.5 Å². The maximum Gasteiger partial charge on any atom is 0.160 e. The van der Waals surface area contributed by atoms with Crippen LogP contribution in [0, 0.1) is 28.6 Å². The van der Waals surface area contributed by atoms with Crippen LogP contribution in [-0.4, -0.2) is 14.2 Å². The van der Waals surface area contributed by atoms with Gasteiger partial charge in [0, 0.05) is 5.92 Å². The van der Waals surface area contributed by atoms with Gasteiger partial charge in [-0.3, -0.25) is 0 Å². The first-order valence-corrected chi connectivity index (χ1v) is 7.28. The Bertz CT molecular complexity index is 715. The van der Waals surface area contributed by atoms with Crippen molar-refractivity contribution in [1.29, 1.82) is 10.5 Å².